The van der Waals surface area contributed by atoms with E-state index in [2.05, 4.69) is 26.8 Å². The van der Waals surface area contributed by atoms with Crippen molar-refractivity contribution in [3.8, 4) is 5.75 Å². The minimum absolute atomic E-state index is 0.182. The zero-order valence-corrected chi connectivity index (χ0v) is 14.4. The Balaban J connectivity index is 1.82. The maximum atomic E-state index is 11.9. The van der Waals surface area contributed by atoms with Gasteiger partial charge in [0.15, 0.2) is 6.61 Å². The fourth-order valence-electron chi connectivity index (χ4n) is 1.83. The van der Waals surface area contributed by atoms with Crippen LogP contribution in [-0.4, -0.2) is 18.4 Å². The first-order valence-corrected chi connectivity index (χ1v) is 7.80. The SMILES string of the molecule is Cc1ccc(OCC(=O)NNC(=O)c2ccccc2Br)cc1C. The summed E-state index contributed by atoms with van der Waals surface area (Å²) in [5.41, 5.74) is 7.34. The van der Waals surface area contributed by atoms with Crippen LogP contribution in [0.3, 0.4) is 0 Å². The van der Waals surface area contributed by atoms with Crippen molar-refractivity contribution in [3.05, 3.63) is 63.6 Å². The molecular weight excluding hydrogens is 360 g/mol. The third-order valence-corrected chi connectivity index (χ3v) is 3.97. The van der Waals surface area contributed by atoms with Gasteiger partial charge in [0.2, 0.25) is 0 Å². The molecule has 2 aromatic rings. The highest BCUT2D eigenvalue weighted by Gasteiger charge is 2.10. The molecule has 0 aliphatic rings. The van der Waals surface area contributed by atoms with Gasteiger partial charge in [0.25, 0.3) is 11.8 Å². The van der Waals surface area contributed by atoms with Crippen molar-refractivity contribution in [2.45, 2.75) is 13.8 Å². The first-order chi connectivity index (χ1) is 11.0. The molecule has 5 nitrogen and oxygen atoms in total. The Kier molecular flexibility index (Phi) is 5.76. The molecule has 0 heterocycles. The Morgan fingerprint density at radius 1 is 1.04 bits per heavy atom. The summed E-state index contributed by atoms with van der Waals surface area (Å²) in [5, 5.41) is 0. The van der Waals surface area contributed by atoms with E-state index < -0.39 is 11.8 Å². The van der Waals surface area contributed by atoms with E-state index >= 15 is 0 Å². The molecular formula is C17H17BrN2O3. The molecule has 0 bridgehead atoms. The summed E-state index contributed by atoms with van der Waals surface area (Å²) in [5.74, 6) is -0.235. The molecule has 0 saturated heterocycles. The molecule has 0 aromatic heterocycles. The smallest absolute Gasteiger partial charge is 0.276 e. The second-order valence-electron chi connectivity index (χ2n) is 5.02. The van der Waals surface area contributed by atoms with Gasteiger partial charge >= 0.3 is 0 Å². The largest absolute Gasteiger partial charge is 0.484 e. The van der Waals surface area contributed by atoms with Crippen LogP contribution >= 0.6 is 15.9 Å². The fraction of sp³-hybridized carbons (Fsp3) is 0.176. The molecule has 0 saturated carbocycles. The lowest BCUT2D eigenvalue weighted by atomic mass is 10.1. The predicted molar refractivity (Wildman–Crippen MR) is 91.2 cm³/mol. The van der Waals surface area contributed by atoms with Crippen molar-refractivity contribution in [1.29, 1.82) is 0 Å². The van der Waals surface area contributed by atoms with Gasteiger partial charge in [0.1, 0.15) is 5.75 Å². The van der Waals surface area contributed by atoms with Crippen LogP contribution in [-0.2, 0) is 4.79 Å². The quantitative estimate of drug-likeness (QED) is 0.806. The Bertz CT molecular complexity index is 732. The van der Waals surface area contributed by atoms with Crippen LogP contribution in [0.2, 0.25) is 0 Å². The maximum Gasteiger partial charge on any atom is 0.276 e. The van der Waals surface area contributed by atoms with E-state index in [4.69, 9.17) is 4.74 Å². The highest BCUT2D eigenvalue weighted by molar-refractivity contribution is 9.10. The van der Waals surface area contributed by atoms with Gasteiger partial charge in [-0.3, -0.25) is 20.4 Å². The molecule has 2 amide bonds. The normalized spacial score (nSPS) is 10.0. The number of carbonyl (C=O) groups is 2. The first kappa shape index (κ1) is 17.0. The van der Waals surface area contributed by atoms with Gasteiger partial charge in [0, 0.05) is 4.47 Å². The Hall–Kier alpha value is -2.34. The molecule has 2 N–H and O–H groups in total. The van der Waals surface area contributed by atoms with Gasteiger partial charge in [-0.05, 0) is 65.2 Å². The standard InChI is InChI=1S/C17H17BrN2O3/c1-11-7-8-13(9-12(11)2)23-10-16(21)19-20-17(22)14-5-3-4-6-15(14)18/h3-9H,10H2,1-2H3,(H,19,21)(H,20,22). The topological polar surface area (TPSA) is 67.4 Å². The van der Waals surface area contributed by atoms with E-state index in [1.54, 1.807) is 30.3 Å². The Morgan fingerprint density at radius 3 is 2.48 bits per heavy atom. The number of hydrogen-bond acceptors (Lipinski definition) is 3. The number of rotatable bonds is 4. The second-order valence-corrected chi connectivity index (χ2v) is 5.87. The number of hydrazine groups is 1. The summed E-state index contributed by atoms with van der Waals surface area (Å²) in [4.78, 5) is 23.7. The lowest BCUT2D eigenvalue weighted by molar-refractivity contribution is -0.123. The lowest BCUT2D eigenvalue weighted by Crippen LogP contribution is -2.43. The van der Waals surface area contributed by atoms with Crippen LogP contribution in [0.25, 0.3) is 0 Å². The van der Waals surface area contributed by atoms with Crippen LogP contribution in [0.5, 0.6) is 5.75 Å². The van der Waals surface area contributed by atoms with Crippen LogP contribution in [0.1, 0.15) is 21.5 Å². The maximum absolute atomic E-state index is 11.9. The molecule has 2 rings (SSSR count). The van der Waals surface area contributed by atoms with E-state index in [-0.39, 0.29) is 6.61 Å². The van der Waals surface area contributed by atoms with Crippen molar-refractivity contribution >= 4 is 27.7 Å². The van der Waals surface area contributed by atoms with E-state index in [1.165, 1.54) is 0 Å². The molecule has 0 aliphatic heterocycles. The number of nitrogens with one attached hydrogen (secondary N) is 2. The van der Waals surface area contributed by atoms with Crippen molar-refractivity contribution in [2.75, 3.05) is 6.61 Å². The number of benzene rings is 2. The fourth-order valence-corrected chi connectivity index (χ4v) is 2.29. The van der Waals surface area contributed by atoms with Crippen LogP contribution in [0.4, 0.5) is 0 Å². The lowest BCUT2D eigenvalue weighted by Gasteiger charge is -2.10. The number of amides is 2. The van der Waals surface area contributed by atoms with Gasteiger partial charge in [-0.1, -0.05) is 18.2 Å². The van der Waals surface area contributed by atoms with Gasteiger partial charge < -0.3 is 4.74 Å². The zero-order chi connectivity index (χ0) is 16.8. The van der Waals surface area contributed by atoms with Crippen molar-refractivity contribution in [1.82, 2.24) is 10.9 Å². The van der Waals surface area contributed by atoms with Crippen LogP contribution < -0.4 is 15.6 Å². The molecule has 0 fully saturated rings. The first-order valence-electron chi connectivity index (χ1n) is 7.01. The highest BCUT2D eigenvalue weighted by Crippen LogP contribution is 2.16. The number of ether oxygens (including phenoxy) is 1. The molecule has 0 atom stereocenters. The third-order valence-electron chi connectivity index (χ3n) is 3.28. The Morgan fingerprint density at radius 2 is 1.78 bits per heavy atom. The predicted octanol–water partition coefficient (Wildman–Crippen LogP) is 2.91. The second kappa shape index (κ2) is 7.78. The van der Waals surface area contributed by atoms with Crippen LogP contribution in [0, 0.1) is 13.8 Å². The minimum Gasteiger partial charge on any atom is -0.484 e. The number of halogens is 1. The molecule has 0 aliphatic carbocycles. The summed E-state index contributed by atoms with van der Waals surface area (Å²) in [6.45, 7) is 3.79. The molecule has 0 unspecified atom stereocenters. The van der Waals surface area contributed by atoms with Crippen molar-refractivity contribution in [3.63, 3.8) is 0 Å². The summed E-state index contributed by atoms with van der Waals surface area (Å²) in [6, 6.07) is 12.5. The molecule has 6 heteroatoms. The minimum atomic E-state index is -0.441. The monoisotopic (exact) mass is 376 g/mol. The van der Waals surface area contributed by atoms with Gasteiger partial charge in [-0.25, -0.2) is 0 Å². The summed E-state index contributed by atoms with van der Waals surface area (Å²) < 4.78 is 6.04. The summed E-state index contributed by atoms with van der Waals surface area (Å²) >= 11 is 3.28. The summed E-state index contributed by atoms with van der Waals surface area (Å²) in [7, 11) is 0. The van der Waals surface area contributed by atoms with E-state index in [9.17, 15) is 9.59 Å². The Labute approximate surface area is 143 Å². The molecule has 120 valence electrons. The number of aryl methyl sites for hydroxylation is 2. The van der Waals surface area contributed by atoms with Crippen LogP contribution in [0.15, 0.2) is 46.9 Å². The molecule has 0 spiro atoms. The molecule has 23 heavy (non-hydrogen) atoms. The average molecular weight is 377 g/mol. The van der Waals surface area contributed by atoms with Crippen molar-refractivity contribution < 1.29 is 14.3 Å². The third kappa shape index (κ3) is 4.82. The number of hydrogen-bond donors (Lipinski definition) is 2. The van der Waals surface area contributed by atoms with Gasteiger partial charge in [0.05, 0.1) is 5.56 Å². The highest BCUT2D eigenvalue weighted by atomic mass is 79.9. The average Bonchev–Trinajstić information content (AvgIpc) is 2.54. The van der Waals surface area contributed by atoms with Gasteiger partial charge in [-0.15, -0.1) is 0 Å². The van der Waals surface area contributed by atoms with E-state index in [0.717, 1.165) is 11.1 Å². The van der Waals surface area contributed by atoms with Gasteiger partial charge in [-0.2, -0.15) is 0 Å². The zero-order valence-electron chi connectivity index (χ0n) is 12.9. The molecule has 0 radical (unpaired) electrons. The van der Waals surface area contributed by atoms with Crippen molar-refractivity contribution in [2.24, 2.45) is 0 Å². The number of carbonyl (C=O) groups excluding carboxylic acids is 2. The van der Waals surface area contributed by atoms with E-state index in [1.807, 2.05) is 26.0 Å². The summed E-state index contributed by atoms with van der Waals surface area (Å²) in [6.07, 6.45) is 0. The van der Waals surface area contributed by atoms with E-state index in [0.29, 0.717) is 15.8 Å². The molecule has 2 aromatic carbocycles.